The Hall–Kier alpha value is -1.39. The van der Waals surface area contributed by atoms with Crippen LogP contribution in [0.5, 0.6) is 0 Å². The lowest BCUT2D eigenvalue weighted by molar-refractivity contribution is -0.142. The molecule has 2 unspecified atom stereocenters. The van der Waals surface area contributed by atoms with Gasteiger partial charge >= 0.3 is 5.97 Å². The van der Waals surface area contributed by atoms with E-state index in [0.29, 0.717) is 0 Å². The number of hydrogen-bond acceptors (Lipinski definition) is 3. The molecule has 1 heterocycles. The van der Waals surface area contributed by atoms with Gasteiger partial charge in [0, 0.05) is 19.7 Å². The Labute approximate surface area is 120 Å². The van der Waals surface area contributed by atoms with Crippen LogP contribution in [0, 0.1) is 0 Å². The minimum atomic E-state index is -0.755. The van der Waals surface area contributed by atoms with E-state index in [1.807, 2.05) is 11.0 Å². The average Bonchev–Trinajstić information content (AvgIpc) is 2.92. The number of carboxylic acid groups (broad SMARTS) is 1. The predicted molar refractivity (Wildman–Crippen MR) is 77.8 cm³/mol. The van der Waals surface area contributed by atoms with Gasteiger partial charge in [0.05, 0.1) is 6.10 Å². The van der Waals surface area contributed by atoms with Crippen LogP contribution < -0.4 is 0 Å². The summed E-state index contributed by atoms with van der Waals surface area (Å²) >= 11 is 0. The quantitative estimate of drug-likeness (QED) is 0.776. The number of aryl methyl sites for hydroxylation is 1. The standard InChI is InChI=1S/C16H23NO3/c1-13(16(18)19)17-10-9-15(12-17)20-11-5-8-14-6-3-2-4-7-14/h2-4,6-7,13,15H,5,8-12H2,1H3,(H,18,19). The molecule has 2 rings (SSSR count). The molecule has 4 heteroatoms. The maximum Gasteiger partial charge on any atom is 0.320 e. The van der Waals surface area contributed by atoms with Gasteiger partial charge < -0.3 is 9.84 Å². The largest absolute Gasteiger partial charge is 0.480 e. The normalized spacial score (nSPS) is 20.9. The van der Waals surface area contributed by atoms with E-state index in [1.165, 1.54) is 5.56 Å². The summed E-state index contributed by atoms with van der Waals surface area (Å²) in [4.78, 5) is 12.9. The Balaban J connectivity index is 1.63. The van der Waals surface area contributed by atoms with Gasteiger partial charge in [-0.3, -0.25) is 9.69 Å². The minimum absolute atomic E-state index is 0.188. The zero-order chi connectivity index (χ0) is 14.4. The SMILES string of the molecule is CC(C(=O)O)N1CCC(OCCCc2ccccc2)C1. The van der Waals surface area contributed by atoms with E-state index in [4.69, 9.17) is 9.84 Å². The fraction of sp³-hybridized carbons (Fsp3) is 0.562. The van der Waals surface area contributed by atoms with E-state index in [9.17, 15) is 4.79 Å². The van der Waals surface area contributed by atoms with Crippen molar-refractivity contribution in [1.29, 1.82) is 0 Å². The molecule has 1 aromatic carbocycles. The van der Waals surface area contributed by atoms with Crippen molar-refractivity contribution in [3.05, 3.63) is 35.9 Å². The van der Waals surface area contributed by atoms with E-state index in [1.54, 1.807) is 6.92 Å². The van der Waals surface area contributed by atoms with Crippen LogP contribution in [0.25, 0.3) is 0 Å². The van der Waals surface area contributed by atoms with Gasteiger partial charge in [0.2, 0.25) is 0 Å². The number of ether oxygens (including phenoxy) is 1. The van der Waals surface area contributed by atoms with Gasteiger partial charge in [0.1, 0.15) is 6.04 Å². The summed E-state index contributed by atoms with van der Waals surface area (Å²) in [6.07, 6.45) is 3.16. The third kappa shape index (κ3) is 4.32. The van der Waals surface area contributed by atoms with Gasteiger partial charge in [0.15, 0.2) is 0 Å². The van der Waals surface area contributed by atoms with Crippen LogP contribution in [-0.2, 0) is 16.0 Å². The molecule has 0 radical (unpaired) electrons. The summed E-state index contributed by atoms with van der Waals surface area (Å²) in [7, 11) is 0. The number of carbonyl (C=O) groups is 1. The molecule has 2 atom stereocenters. The minimum Gasteiger partial charge on any atom is -0.480 e. The number of hydrogen-bond donors (Lipinski definition) is 1. The number of rotatable bonds is 7. The molecule has 0 aliphatic carbocycles. The number of benzene rings is 1. The lowest BCUT2D eigenvalue weighted by Crippen LogP contribution is -2.37. The third-order valence-corrected chi connectivity index (χ3v) is 3.89. The van der Waals surface area contributed by atoms with Crippen molar-refractivity contribution in [3.63, 3.8) is 0 Å². The number of likely N-dealkylation sites (tertiary alicyclic amines) is 1. The van der Waals surface area contributed by atoms with E-state index in [2.05, 4.69) is 24.3 Å². The number of nitrogens with zero attached hydrogens (tertiary/aromatic N) is 1. The predicted octanol–water partition coefficient (Wildman–Crippen LogP) is 2.18. The maximum atomic E-state index is 10.9. The Morgan fingerprint density at radius 2 is 2.20 bits per heavy atom. The molecule has 1 N–H and O–H groups in total. The van der Waals surface area contributed by atoms with Crippen molar-refractivity contribution >= 4 is 5.97 Å². The molecule has 1 saturated heterocycles. The summed E-state index contributed by atoms with van der Waals surface area (Å²) in [5, 5.41) is 8.99. The molecule has 1 aromatic rings. The Kier molecular flexibility index (Phi) is 5.56. The summed E-state index contributed by atoms with van der Waals surface area (Å²) in [6, 6.07) is 9.98. The smallest absolute Gasteiger partial charge is 0.320 e. The number of carboxylic acids is 1. The van der Waals surface area contributed by atoms with Gasteiger partial charge in [-0.25, -0.2) is 0 Å². The zero-order valence-electron chi connectivity index (χ0n) is 12.0. The average molecular weight is 277 g/mol. The lowest BCUT2D eigenvalue weighted by atomic mass is 10.1. The van der Waals surface area contributed by atoms with E-state index >= 15 is 0 Å². The summed E-state index contributed by atoms with van der Waals surface area (Å²) in [5.74, 6) is -0.755. The molecule has 1 fully saturated rings. The molecule has 20 heavy (non-hydrogen) atoms. The van der Waals surface area contributed by atoms with Crippen molar-refractivity contribution in [1.82, 2.24) is 4.90 Å². The highest BCUT2D eigenvalue weighted by atomic mass is 16.5. The lowest BCUT2D eigenvalue weighted by Gasteiger charge is -2.20. The van der Waals surface area contributed by atoms with Crippen LogP contribution in [0.4, 0.5) is 0 Å². The van der Waals surface area contributed by atoms with Crippen LogP contribution in [0.1, 0.15) is 25.3 Å². The first-order valence-corrected chi connectivity index (χ1v) is 7.29. The fourth-order valence-electron chi connectivity index (χ4n) is 2.57. The van der Waals surface area contributed by atoms with Crippen LogP contribution >= 0.6 is 0 Å². The van der Waals surface area contributed by atoms with E-state index < -0.39 is 12.0 Å². The van der Waals surface area contributed by atoms with Gasteiger partial charge in [-0.05, 0) is 31.7 Å². The molecule has 0 aromatic heterocycles. The van der Waals surface area contributed by atoms with E-state index in [-0.39, 0.29) is 6.10 Å². The monoisotopic (exact) mass is 277 g/mol. The molecule has 1 aliphatic rings. The van der Waals surface area contributed by atoms with Crippen LogP contribution in [0.2, 0.25) is 0 Å². The number of aliphatic carboxylic acids is 1. The molecule has 0 amide bonds. The van der Waals surface area contributed by atoms with Gasteiger partial charge in [0.25, 0.3) is 0 Å². The van der Waals surface area contributed by atoms with Gasteiger partial charge in [-0.15, -0.1) is 0 Å². The summed E-state index contributed by atoms with van der Waals surface area (Å²) in [5.41, 5.74) is 1.34. The summed E-state index contributed by atoms with van der Waals surface area (Å²) in [6.45, 7) is 4.03. The zero-order valence-corrected chi connectivity index (χ0v) is 12.0. The maximum absolute atomic E-state index is 10.9. The van der Waals surface area contributed by atoms with Crippen molar-refractivity contribution in [2.45, 2.75) is 38.3 Å². The van der Waals surface area contributed by atoms with Gasteiger partial charge in [-0.1, -0.05) is 30.3 Å². The third-order valence-electron chi connectivity index (χ3n) is 3.89. The molecule has 0 saturated carbocycles. The second-order valence-corrected chi connectivity index (χ2v) is 5.38. The molecular weight excluding hydrogens is 254 g/mol. The van der Waals surface area contributed by atoms with Crippen LogP contribution in [0.15, 0.2) is 30.3 Å². The molecule has 0 spiro atoms. The summed E-state index contributed by atoms with van der Waals surface area (Å²) < 4.78 is 5.85. The van der Waals surface area contributed by atoms with Crippen molar-refractivity contribution < 1.29 is 14.6 Å². The first-order valence-electron chi connectivity index (χ1n) is 7.29. The second-order valence-electron chi connectivity index (χ2n) is 5.38. The Bertz CT molecular complexity index is 421. The highest BCUT2D eigenvalue weighted by molar-refractivity contribution is 5.72. The molecule has 1 aliphatic heterocycles. The van der Waals surface area contributed by atoms with Gasteiger partial charge in [-0.2, -0.15) is 0 Å². The Morgan fingerprint density at radius 3 is 2.90 bits per heavy atom. The van der Waals surface area contributed by atoms with Crippen LogP contribution in [-0.4, -0.2) is 47.8 Å². The first-order chi connectivity index (χ1) is 9.66. The van der Waals surface area contributed by atoms with E-state index in [0.717, 1.165) is 39.0 Å². The Morgan fingerprint density at radius 1 is 1.45 bits per heavy atom. The van der Waals surface area contributed by atoms with Crippen molar-refractivity contribution in [3.8, 4) is 0 Å². The highest BCUT2D eigenvalue weighted by Gasteiger charge is 2.29. The molecule has 110 valence electrons. The van der Waals surface area contributed by atoms with Crippen molar-refractivity contribution in [2.75, 3.05) is 19.7 Å². The topological polar surface area (TPSA) is 49.8 Å². The highest BCUT2D eigenvalue weighted by Crippen LogP contribution is 2.16. The molecular formula is C16H23NO3. The second kappa shape index (κ2) is 7.41. The van der Waals surface area contributed by atoms with Crippen LogP contribution in [0.3, 0.4) is 0 Å². The molecule has 0 bridgehead atoms. The fourth-order valence-corrected chi connectivity index (χ4v) is 2.57. The first kappa shape index (κ1) is 15.0. The molecule has 4 nitrogen and oxygen atoms in total. The van der Waals surface area contributed by atoms with Crippen molar-refractivity contribution in [2.24, 2.45) is 0 Å².